The van der Waals surface area contributed by atoms with Crippen molar-refractivity contribution in [2.24, 2.45) is 0 Å². The summed E-state index contributed by atoms with van der Waals surface area (Å²) in [5.41, 5.74) is -1.67. The highest BCUT2D eigenvalue weighted by molar-refractivity contribution is 6.11. The van der Waals surface area contributed by atoms with Gasteiger partial charge in [0.05, 0.1) is 0 Å². The molecule has 4 rings (SSSR count). The molecule has 0 saturated heterocycles. The predicted molar refractivity (Wildman–Crippen MR) is 96.0 cm³/mol. The summed E-state index contributed by atoms with van der Waals surface area (Å²) in [6.45, 7) is 1.61. The first-order valence-electron chi connectivity index (χ1n) is 8.59. The summed E-state index contributed by atoms with van der Waals surface area (Å²) in [5, 5.41) is 0.307. The average molecular weight is 387 g/mol. The van der Waals surface area contributed by atoms with E-state index in [2.05, 4.69) is 4.98 Å². The number of halogens is 3. The van der Waals surface area contributed by atoms with Crippen molar-refractivity contribution in [3.63, 3.8) is 0 Å². The van der Waals surface area contributed by atoms with Gasteiger partial charge in [-0.15, -0.1) is 0 Å². The summed E-state index contributed by atoms with van der Waals surface area (Å²) in [5.74, 6) is -0.931. The monoisotopic (exact) mass is 387 g/mol. The Morgan fingerprint density at radius 3 is 2.39 bits per heavy atom. The summed E-state index contributed by atoms with van der Waals surface area (Å²) in [7, 11) is 1.53. The van der Waals surface area contributed by atoms with E-state index < -0.39 is 29.2 Å². The summed E-state index contributed by atoms with van der Waals surface area (Å²) in [6.07, 6.45) is -4.42. The number of carbonyl (C=O) groups is 2. The van der Waals surface area contributed by atoms with Crippen molar-refractivity contribution < 1.29 is 22.8 Å². The molecule has 3 heterocycles. The average Bonchev–Trinajstić information content (AvgIpc) is 3.04. The van der Waals surface area contributed by atoms with Gasteiger partial charge in [0.15, 0.2) is 0 Å². The molecular weight excluding hydrogens is 371 g/mol. The van der Waals surface area contributed by atoms with Crippen LogP contribution in [0.3, 0.4) is 0 Å². The van der Waals surface area contributed by atoms with Crippen LogP contribution in [0.2, 0.25) is 0 Å². The molecule has 1 unspecified atom stereocenters. The Labute approximate surface area is 158 Å². The molecule has 144 valence electrons. The number of hydrogen-bond acceptors (Lipinski definition) is 3. The topological polar surface area (TPSA) is 55.2 Å². The largest absolute Gasteiger partial charge is 0.433 e. The number of aromatic nitrogens is 2. The highest BCUT2D eigenvalue weighted by Gasteiger charge is 2.48. The molecule has 2 aromatic heterocycles. The lowest BCUT2D eigenvalue weighted by atomic mass is 9.88. The van der Waals surface area contributed by atoms with Crippen LogP contribution < -0.4 is 0 Å². The molecule has 3 aromatic rings. The zero-order chi connectivity index (χ0) is 20.3. The Morgan fingerprint density at radius 1 is 1.07 bits per heavy atom. The zero-order valence-electron chi connectivity index (χ0n) is 15.1. The van der Waals surface area contributed by atoms with Crippen molar-refractivity contribution in [3.8, 4) is 0 Å². The standard InChI is InChI=1S/C20H16F3N3O2/c1-19(11-12-6-4-3-5-7-12)18(28)26-14(17(27)25(19)2)10-13-8-9-15(20(21,22)23)24-16(13)26/h3-10H,11H2,1-2H3. The van der Waals surface area contributed by atoms with Gasteiger partial charge in [-0.3, -0.25) is 14.2 Å². The summed E-state index contributed by atoms with van der Waals surface area (Å²) >= 11 is 0. The van der Waals surface area contributed by atoms with E-state index in [0.29, 0.717) is 5.39 Å². The highest BCUT2D eigenvalue weighted by Crippen LogP contribution is 2.34. The van der Waals surface area contributed by atoms with E-state index in [9.17, 15) is 22.8 Å². The SMILES string of the molecule is CN1C(=O)c2cc3ccc(C(F)(F)F)nc3n2C(=O)C1(C)Cc1ccccc1. The highest BCUT2D eigenvalue weighted by atomic mass is 19.4. The number of pyridine rings is 1. The van der Waals surface area contributed by atoms with E-state index >= 15 is 0 Å². The van der Waals surface area contributed by atoms with E-state index in [0.717, 1.165) is 16.2 Å². The molecule has 0 saturated carbocycles. The van der Waals surface area contributed by atoms with Crippen molar-refractivity contribution in [3.05, 3.63) is 65.5 Å². The van der Waals surface area contributed by atoms with Crippen LogP contribution >= 0.6 is 0 Å². The Hall–Kier alpha value is -3.16. The fourth-order valence-corrected chi connectivity index (χ4v) is 3.57. The number of alkyl halides is 3. The van der Waals surface area contributed by atoms with Crippen LogP contribution in [0.15, 0.2) is 48.5 Å². The third-order valence-corrected chi connectivity index (χ3v) is 5.26. The van der Waals surface area contributed by atoms with Gasteiger partial charge in [0.2, 0.25) is 0 Å². The number of amides is 1. The maximum atomic E-state index is 13.4. The number of likely N-dealkylation sites (N-methyl/N-ethyl adjacent to an activating group) is 1. The quantitative estimate of drug-likeness (QED) is 0.673. The van der Waals surface area contributed by atoms with Crippen LogP contribution in [0.4, 0.5) is 13.2 Å². The summed E-state index contributed by atoms with van der Waals surface area (Å²) in [4.78, 5) is 31.3. The molecule has 1 aromatic carbocycles. The third kappa shape index (κ3) is 2.59. The molecule has 1 aliphatic rings. The number of nitrogens with zero attached hydrogens (tertiary/aromatic N) is 3. The molecule has 1 amide bonds. The first-order valence-corrected chi connectivity index (χ1v) is 8.59. The van der Waals surface area contributed by atoms with Crippen LogP contribution in [0.25, 0.3) is 11.0 Å². The summed E-state index contributed by atoms with van der Waals surface area (Å²) < 4.78 is 40.3. The first kappa shape index (κ1) is 18.2. The van der Waals surface area contributed by atoms with Crippen molar-refractivity contribution in [1.82, 2.24) is 14.5 Å². The van der Waals surface area contributed by atoms with Crippen molar-refractivity contribution in [2.75, 3.05) is 7.05 Å². The minimum Gasteiger partial charge on any atom is -0.326 e. The van der Waals surface area contributed by atoms with Gasteiger partial charge in [-0.1, -0.05) is 30.3 Å². The van der Waals surface area contributed by atoms with Gasteiger partial charge in [-0.2, -0.15) is 13.2 Å². The third-order valence-electron chi connectivity index (χ3n) is 5.26. The number of rotatable bonds is 2. The molecular formula is C20H16F3N3O2. The van der Waals surface area contributed by atoms with Gasteiger partial charge in [-0.25, -0.2) is 4.98 Å². The van der Waals surface area contributed by atoms with Crippen LogP contribution in [0.1, 0.15) is 33.5 Å². The van der Waals surface area contributed by atoms with Gasteiger partial charge in [0, 0.05) is 18.9 Å². The smallest absolute Gasteiger partial charge is 0.326 e. The molecule has 1 aliphatic heterocycles. The van der Waals surface area contributed by atoms with Crippen LogP contribution in [0, 0.1) is 0 Å². The van der Waals surface area contributed by atoms with Gasteiger partial charge >= 0.3 is 6.18 Å². The molecule has 0 N–H and O–H groups in total. The number of hydrogen-bond donors (Lipinski definition) is 0. The molecule has 1 atom stereocenters. The predicted octanol–water partition coefficient (Wildman–Crippen LogP) is 3.78. The fraction of sp³-hybridized carbons (Fsp3) is 0.250. The number of benzene rings is 1. The van der Waals surface area contributed by atoms with Gasteiger partial charge in [0.1, 0.15) is 22.6 Å². The second-order valence-corrected chi connectivity index (χ2v) is 7.08. The molecule has 0 fully saturated rings. The van der Waals surface area contributed by atoms with Crippen molar-refractivity contribution in [1.29, 1.82) is 0 Å². The van der Waals surface area contributed by atoms with Crippen molar-refractivity contribution >= 4 is 22.8 Å². The van der Waals surface area contributed by atoms with Gasteiger partial charge < -0.3 is 4.90 Å². The first-order chi connectivity index (χ1) is 13.1. The lowest BCUT2D eigenvalue weighted by Gasteiger charge is -2.41. The Bertz CT molecular complexity index is 1110. The van der Waals surface area contributed by atoms with Crippen LogP contribution in [0.5, 0.6) is 0 Å². The number of carbonyl (C=O) groups excluding carboxylic acids is 2. The van der Waals surface area contributed by atoms with Crippen LogP contribution in [-0.4, -0.2) is 38.9 Å². The maximum absolute atomic E-state index is 13.4. The molecule has 0 aliphatic carbocycles. The minimum atomic E-state index is -4.65. The van der Waals surface area contributed by atoms with Crippen molar-refractivity contribution in [2.45, 2.75) is 25.1 Å². The lowest BCUT2D eigenvalue weighted by Crippen LogP contribution is -2.60. The van der Waals surface area contributed by atoms with E-state index in [1.54, 1.807) is 6.92 Å². The normalized spacial score (nSPS) is 20.0. The van der Waals surface area contributed by atoms with Crippen LogP contribution in [-0.2, 0) is 12.6 Å². The summed E-state index contributed by atoms with van der Waals surface area (Å²) in [6, 6.07) is 12.6. The fourth-order valence-electron chi connectivity index (χ4n) is 3.57. The van der Waals surface area contributed by atoms with E-state index in [4.69, 9.17) is 0 Å². The maximum Gasteiger partial charge on any atom is 0.433 e. The zero-order valence-corrected chi connectivity index (χ0v) is 15.1. The molecule has 28 heavy (non-hydrogen) atoms. The lowest BCUT2D eigenvalue weighted by molar-refractivity contribution is -0.141. The molecule has 0 radical (unpaired) electrons. The Kier molecular flexibility index (Phi) is 3.85. The number of fused-ring (bicyclic) bond motifs is 3. The van der Waals surface area contributed by atoms with E-state index in [1.165, 1.54) is 24.1 Å². The molecule has 5 nitrogen and oxygen atoms in total. The second-order valence-electron chi connectivity index (χ2n) is 7.08. The molecule has 0 spiro atoms. The van der Waals surface area contributed by atoms with Gasteiger partial charge in [-0.05, 0) is 30.7 Å². The van der Waals surface area contributed by atoms with E-state index in [-0.39, 0.29) is 17.8 Å². The Morgan fingerprint density at radius 2 is 1.75 bits per heavy atom. The van der Waals surface area contributed by atoms with Gasteiger partial charge in [0.25, 0.3) is 11.8 Å². The molecule has 0 bridgehead atoms. The Balaban J connectivity index is 1.90. The second kappa shape index (κ2) is 5.92. The minimum absolute atomic E-state index is 0.0138. The van der Waals surface area contributed by atoms with E-state index in [1.807, 2.05) is 30.3 Å². The molecule has 8 heteroatoms.